The molecule has 0 aliphatic carbocycles. The largest absolute Gasteiger partial charge is 0.387 e. The van der Waals surface area contributed by atoms with Crippen LogP contribution in [0.25, 0.3) is 0 Å². The molecule has 2 atom stereocenters. The van der Waals surface area contributed by atoms with Gasteiger partial charge in [-0.1, -0.05) is 0 Å². The van der Waals surface area contributed by atoms with E-state index < -0.39 is 17.3 Å². The summed E-state index contributed by atoms with van der Waals surface area (Å²) in [6, 6.07) is 0. The Balaban J connectivity index is 1.87. The van der Waals surface area contributed by atoms with Crippen molar-refractivity contribution in [1.82, 2.24) is 10.2 Å². The van der Waals surface area contributed by atoms with Crippen molar-refractivity contribution < 1.29 is 24.5 Å². The third-order valence-corrected chi connectivity index (χ3v) is 4.76. The molecule has 7 heteroatoms. The molecule has 2 saturated heterocycles. The van der Waals surface area contributed by atoms with Crippen molar-refractivity contribution in [3.05, 3.63) is 0 Å². The fraction of sp³-hybridized carbons (Fsp3) is 0.867. The number of aliphatic hydroxyl groups is 2. The zero-order valence-electron chi connectivity index (χ0n) is 13.3. The third kappa shape index (κ3) is 3.59. The maximum absolute atomic E-state index is 12.1. The summed E-state index contributed by atoms with van der Waals surface area (Å²) in [5.74, 6) is -0.160. The van der Waals surface area contributed by atoms with Crippen LogP contribution in [0.1, 0.15) is 39.5 Å². The van der Waals surface area contributed by atoms with Gasteiger partial charge in [0.2, 0.25) is 11.8 Å². The number of piperidine rings is 1. The van der Waals surface area contributed by atoms with Gasteiger partial charge in [0.15, 0.2) is 0 Å². The molecule has 0 saturated carbocycles. The van der Waals surface area contributed by atoms with Gasteiger partial charge >= 0.3 is 0 Å². The van der Waals surface area contributed by atoms with E-state index in [2.05, 4.69) is 5.32 Å². The Hall–Kier alpha value is -1.18. The van der Waals surface area contributed by atoms with E-state index in [1.807, 2.05) is 0 Å². The third-order valence-electron chi connectivity index (χ3n) is 4.76. The number of carbonyl (C=O) groups is 2. The van der Waals surface area contributed by atoms with E-state index in [4.69, 9.17) is 4.74 Å². The predicted octanol–water partition coefficient (Wildman–Crippen LogP) is -0.594. The standard InChI is InChI=1S/C15H26N2O5/c1-11(18)16-7-3-12(19)17-8-4-15(5-9-17)13(20)14(2,21)6-10-22-15/h13,20-21H,3-10H2,1-2H3,(H,16,18)/t13-,14+/m0/s1. The fourth-order valence-electron chi connectivity index (χ4n) is 3.30. The monoisotopic (exact) mass is 314 g/mol. The van der Waals surface area contributed by atoms with Gasteiger partial charge in [0.25, 0.3) is 0 Å². The van der Waals surface area contributed by atoms with Crippen LogP contribution in [0.5, 0.6) is 0 Å². The molecular formula is C15H26N2O5. The summed E-state index contributed by atoms with van der Waals surface area (Å²) >= 11 is 0. The Bertz CT molecular complexity index is 430. The van der Waals surface area contributed by atoms with Gasteiger partial charge in [-0.2, -0.15) is 0 Å². The lowest BCUT2D eigenvalue weighted by atomic mass is 9.75. The highest BCUT2D eigenvalue weighted by molar-refractivity contribution is 5.78. The lowest BCUT2D eigenvalue weighted by Gasteiger charge is -2.51. The van der Waals surface area contributed by atoms with Gasteiger partial charge in [-0.25, -0.2) is 0 Å². The highest BCUT2D eigenvalue weighted by Gasteiger charge is 2.52. The zero-order chi connectivity index (χ0) is 16.4. The van der Waals surface area contributed by atoms with E-state index in [0.717, 1.165) is 0 Å². The maximum Gasteiger partial charge on any atom is 0.224 e. The number of hydrogen-bond donors (Lipinski definition) is 3. The molecule has 126 valence electrons. The first-order valence-corrected chi connectivity index (χ1v) is 7.83. The summed E-state index contributed by atoms with van der Waals surface area (Å²) in [6.45, 7) is 4.79. The molecule has 1 spiro atoms. The first-order chi connectivity index (χ1) is 10.3. The number of carbonyl (C=O) groups excluding carboxylic acids is 2. The molecule has 3 N–H and O–H groups in total. The van der Waals surface area contributed by atoms with Crippen LogP contribution in [0, 0.1) is 0 Å². The molecule has 0 radical (unpaired) electrons. The SMILES string of the molecule is CC(=O)NCCC(=O)N1CCC2(CC1)OCC[C@@](C)(O)[C@@H]2O. The Morgan fingerprint density at radius 1 is 1.32 bits per heavy atom. The molecule has 2 rings (SSSR count). The average molecular weight is 314 g/mol. The Labute approximate surface area is 130 Å². The summed E-state index contributed by atoms with van der Waals surface area (Å²) in [7, 11) is 0. The molecule has 0 aromatic heterocycles. The van der Waals surface area contributed by atoms with Crippen molar-refractivity contribution in [1.29, 1.82) is 0 Å². The van der Waals surface area contributed by atoms with E-state index in [1.165, 1.54) is 6.92 Å². The molecule has 7 nitrogen and oxygen atoms in total. The van der Waals surface area contributed by atoms with Crippen LogP contribution in [0.2, 0.25) is 0 Å². The van der Waals surface area contributed by atoms with Crippen molar-refractivity contribution in [2.75, 3.05) is 26.2 Å². The van der Waals surface area contributed by atoms with Gasteiger partial charge in [0.1, 0.15) is 11.7 Å². The Kier molecular flexibility index (Phi) is 5.09. The van der Waals surface area contributed by atoms with Crippen LogP contribution < -0.4 is 5.32 Å². The molecule has 2 heterocycles. The summed E-state index contributed by atoms with van der Waals surface area (Å²) in [4.78, 5) is 24.6. The highest BCUT2D eigenvalue weighted by atomic mass is 16.5. The minimum absolute atomic E-state index is 0.0133. The normalized spacial score (nSPS) is 31.1. The van der Waals surface area contributed by atoms with Crippen molar-refractivity contribution in [2.24, 2.45) is 0 Å². The van der Waals surface area contributed by atoms with Crippen molar-refractivity contribution >= 4 is 11.8 Å². The van der Waals surface area contributed by atoms with Gasteiger partial charge in [-0.3, -0.25) is 9.59 Å². The van der Waals surface area contributed by atoms with Gasteiger partial charge in [-0.15, -0.1) is 0 Å². The zero-order valence-corrected chi connectivity index (χ0v) is 13.3. The number of rotatable bonds is 3. The predicted molar refractivity (Wildman–Crippen MR) is 79.0 cm³/mol. The molecular weight excluding hydrogens is 288 g/mol. The van der Waals surface area contributed by atoms with Gasteiger partial charge in [0.05, 0.1) is 12.2 Å². The molecule has 0 aromatic carbocycles. The second-order valence-corrected chi connectivity index (χ2v) is 6.54. The average Bonchev–Trinajstić information content (AvgIpc) is 2.45. The van der Waals surface area contributed by atoms with Crippen LogP contribution >= 0.6 is 0 Å². The molecule has 2 fully saturated rings. The maximum atomic E-state index is 12.1. The van der Waals surface area contributed by atoms with Crippen LogP contribution in [-0.2, 0) is 14.3 Å². The second-order valence-electron chi connectivity index (χ2n) is 6.54. The molecule has 2 aliphatic heterocycles. The van der Waals surface area contributed by atoms with Crippen LogP contribution in [0.3, 0.4) is 0 Å². The Morgan fingerprint density at radius 2 is 1.95 bits per heavy atom. The summed E-state index contributed by atoms with van der Waals surface area (Å²) in [6.07, 6.45) is 0.764. The van der Waals surface area contributed by atoms with Crippen LogP contribution in [0.15, 0.2) is 0 Å². The van der Waals surface area contributed by atoms with Crippen LogP contribution in [0.4, 0.5) is 0 Å². The lowest BCUT2D eigenvalue weighted by molar-refractivity contribution is -0.245. The number of nitrogens with zero attached hydrogens (tertiary/aromatic N) is 1. The van der Waals surface area contributed by atoms with E-state index >= 15 is 0 Å². The summed E-state index contributed by atoms with van der Waals surface area (Å²) < 4.78 is 5.79. The quantitative estimate of drug-likeness (QED) is 0.646. The first-order valence-electron chi connectivity index (χ1n) is 7.83. The second kappa shape index (κ2) is 6.52. The van der Waals surface area contributed by atoms with E-state index in [9.17, 15) is 19.8 Å². The van der Waals surface area contributed by atoms with E-state index in [0.29, 0.717) is 45.5 Å². The molecule has 0 bridgehead atoms. The van der Waals surface area contributed by atoms with Crippen molar-refractivity contribution in [3.63, 3.8) is 0 Å². The highest BCUT2D eigenvalue weighted by Crippen LogP contribution is 2.39. The number of ether oxygens (including phenoxy) is 1. The summed E-state index contributed by atoms with van der Waals surface area (Å²) in [5.41, 5.74) is -1.90. The molecule has 22 heavy (non-hydrogen) atoms. The smallest absolute Gasteiger partial charge is 0.224 e. The molecule has 0 unspecified atom stereocenters. The Morgan fingerprint density at radius 3 is 2.55 bits per heavy atom. The number of amides is 2. The van der Waals surface area contributed by atoms with Gasteiger partial charge in [-0.05, 0) is 19.8 Å². The van der Waals surface area contributed by atoms with Gasteiger partial charge < -0.3 is 25.2 Å². The number of hydrogen-bond acceptors (Lipinski definition) is 5. The molecule has 2 amide bonds. The molecule has 2 aliphatic rings. The molecule has 0 aromatic rings. The number of aliphatic hydroxyl groups excluding tert-OH is 1. The minimum Gasteiger partial charge on any atom is -0.387 e. The van der Waals surface area contributed by atoms with Crippen LogP contribution in [-0.4, -0.2) is 70.5 Å². The van der Waals surface area contributed by atoms with Gasteiger partial charge in [0, 0.05) is 39.4 Å². The first kappa shape index (κ1) is 17.2. The van der Waals surface area contributed by atoms with Crippen molar-refractivity contribution in [2.45, 2.75) is 56.8 Å². The van der Waals surface area contributed by atoms with E-state index in [-0.39, 0.29) is 18.2 Å². The summed E-state index contributed by atoms with van der Waals surface area (Å²) in [5, 5.41) is 23.3. The topological polar surface area (TPSA) is 99.1 Å². The fourth-order valence-corrected chi connectivity index (χ4v) is 3.30. The lowest BCUT2D eigenvalue weighted by Crippen LogP contribution is -2.64. The number of likely N-dealkylation sites (tertiary alicyclic amines) is 1. The minimum atomic E-state index is -1.14. The van der Waals surface area contributed by atoms with E-state index in [1.54, 1.807) is 11.8 Å². The number of nitrogens with one attached hydrogen (secondary N) is 1. The van der Waals surface area contributed by atoms with Crippen molar-refractivity contribution in [3.8, 4) is 0 Å².